The number of hydrogen-bond donors (Lipinski definition) is 1. The van der Waals surface area contributed by atoms with E-state index in [2.05, 4.69) is 16.3 Å². The Morgan fingerprint density at radius 3 is 2.43 bits per heavy atom. The Bertz CT molecular complexity index is 597. The molecule has 0 radical (unpaired) electrons. The molecule has 114 valence electrons. The zero-order valence-corrected chi connectivity index (χ0v) is 13.1. The maximum absolute atomic E-state index is 11.2. The van der Waals surface area contributed by atoms with Crippen LogP contribution in [0.5, 0.6) is 0 Å². The zero-order chi connectivity index (χ0) is 15.3. The first kappa shape index (κ1) is 15.8. The van der Waals surface area contributed by atoms with Gasteiger partial charge in [0.2, 0.25) is 0 Å². The van der Waals surface area contributed by atoms with Gasteiger partial charge in [0, 0.05) is 37.6 Å². The Labute approximate surface area is 126 Å². The molecule has 0 aliphatic carbocycles. The molecule has 0 saturated carbocycles. The number of nitrogens with zero attached hydrogens (tertiary/aromatic N) is 2. The van der Waals surface area contributed by atoms with Crippen molar-refractivity contribution in [1.29, 1.82) is 5.26 Å². The van der Waals surface area contributed by atoms with Gasteiger partial charge in [-0.15, -0.1) is 0 Å². The van der Waals surface area contributed by atoms with Crippen LogP contribution >= 0.6 is 0 Å². The second-order valence-electron chi connectivity index (χ2n) is 5.58. The fraction of sp³-hybridized carbons (Fsp3) is 0.533. The van der Waals surface area contributed by atoms with Crippen molar-refractivity contribution in [2.75, 3.05) is 37.0 Å². The minimum Gasteiger partial charge on any atom is -0.382 e. The predicted octanol–water partition coefficient (Wildman–Crippen LogP) is 1.48. The smallest absolute Gasteiger partial charge is 0.148 e. The van der Waals surface area contributed by atoms with E-state index in [4.69, 9.17) is 5.26 Å². The second kappa shape index (κ2) is 6.92. The summed E-state index contributed by atoms with van der Waals surface area (Å²) in [5.41, 5.74) is 1.69. The van der Waals surface area contributed by atoms with Gasteiger partial charge in [0.15, 0.2) is 0 Å². The highest BCUT2D eigenvalue weighted by Gasteiger charge is 2.19. The molecular formula is C15H21N3O2S. The zero-order valence-electron chi connectivity index (χ0n) is 12.2. The fourth-order valence-corrected chi connectivity index (χ4v) is 3.06. The third-order valence-corrected chi connectivity index (χ3v) is 4.67. The maximum Gasteiger partial charge on any atom is 0.148 e. The summed E-state index contributed by atoms with van der Waals surface area (Å²) in [4.78, 5) is 2.21. The number of sulfone groups is 1. The summed E-state index contributed by atoms with van der Waals surface area (Å²) in [5, 5.41) is 12.2. The van der Waals surface area contributed by atoms with Crippen LogP contribution < -0.4 is 5.32 Å². The van der Waals surface area contributed by atoms with Gasteiger partial charge in [-0.05, 0) is 37.1 Å². The lowest BCUT2D eigenvalue weighted by Gasteiger charge is -2.32. The predicted molar refractivity (Wildman–Crippen MR) is 84.0 cm³/mol. The molecule has 0 unspecified atom stereocenters. The van der Waals surface area contributed by atoms with Crippen LogP contribution in [0, 0.1) is 11.3 Å². The van der Waals surface area contributed by atoms with Crippen LogP contribution in [0.15, 0.2) is 24.3 Å². The molecule has 5 nitrogen and oxygen atoms in total. The van der Waals surface area contributed by atoms with E-state index in [-0.39, 0.29) is 5.75 Å². The van der Waals surface area contributed by atoms with E-state index in [9.17, 15) is 8.42 Å². The molecule has 1 N–H and O–H groups in total. The molecule has 0 atom stereocenters. The molecule has 1 fully saturated rings. The summed E-state index contributed by atoms with van der Waals surface area (Å²) >= 11 is 0. The van der Waals surface area contributed by atoms with E-state index in [0.717, 1.165) is 31.6 Å². The molecular weight excluding hydrogens is 286 g/mol. The van der Waals surface area contributed by atoms with Crippen LogP contribution in [-0.4, -0.2) is 51.0 Å². The van der Waals surface area contributed by atoms with E-state index >= 15 is 0 Å². The van der Waals surface area contributed by atoms with Crippen molar-refractivity contribution in [2.45, 2.75) is 18.9 Å². The lowest BCUT2D eigenvalue weighted by atomic mass is 10.0. The Kier molecular flexibility index (Phi) is 5.21. The third-order valence-electron chi connectivity index (χ3n) is 3.75. The van der Waals surface area contributed by atoms with Crippen molar-refractivity contribution in [3.8, 4) is 6.07 Å². The highest BCUT2D eigenvalue weighted by molar-refractivity contribution is 7.90. The summed E-state index contributed by atoms with van der Waals surface area (Å²) < 4.78 is 22.3. The molecule has 1 aromatic carbocycles. The number of likely N-dealkylation sites (tertiary alicyclic amines) is 1. The molecule has 0 spiro atoms. The Morgan fingerprint density at radius 2 is 1.90 bits per heavy atom. The van der Waals surface area contributed by atoms with Crippen molar-refractivity contribution in [3.63, 3.8) is 0 Å². The van der Waals surface area contributed by atoms with Crippen LogP contribution in [0.25, 0.3) is 0 Å². The van der Waals surface area contributed by atoms with Gasteiger partial charge >= 0.3 is 0 Å². The lowest BCUT2D eigenvalue weighted by Crippen LogP contribution is -2.41. The lowest BCUT2D eigenvalue weighted by molar-refractivity contribution is 0.230. The first-order valence-electron chi connectivity index (χ1n) is 7.13. The molecule has 6 heteroatoms. The summed E-state index contributed by atoms with van der Waals surface area (Å²) in [6.07, 6.45) is 3.29. The summed E-state index contributed by atoms with van der Waals surface area (Å²) in [6, 6.07) is 9.98. The number of nitriles is 1. The summed E-state index contributed by atoms with van der Waals surface area (Å²) in [5.74, 6) is 0.237. The molecule has 21 heavy (non-hydrogen) atoms. The summed E-state index contributed by atoms with van der Waals surface area (Å²) in [7, 11) is -2.88. The number of anilines is 1. The van der Waals surface area contributed by atoms with E-state index < -0.39 is 9.84 Å². The van der Waals surface area contributed by atoms with Crippen molar-refractivity contribution in [3.05, 3.63) is 29.8 Å². The molecule has 1 heterocycles. The number of nitrogens with one attached hydrogen (secondary N) is 1. The topological polar surface area (TPSA) is 73.2 Å². The number of piperidine rings is 1. The fourth-order valence-electron chi connectivity index (χ4n) is 2.47. The maximum atomic E-state index is 11.2. The quantitative estimate of drug-likeness (QED) is 0.892. The Hall–Kier alpha value is -1.58. The summed E-state index contributed by atoms with van der Waals surface area (Å²) in [6.45, 7) is 2.47. The highest BCUT2D eigenvalue weighted by atomic mass is 32.2. The highest BCUT2D eigenvalue weighted by Crippen LogP contribution is 2.17. The average Bonchev–Trinajstić information content (AvgIpc) is 2.46. The Morgan fingerprint density at radius 1 is 1.29 bits per heavy atom. The van der Waals surface area contributed by atoms with Gasteiger partial charge < -0.3 is 10.2 Å². The average molecular weight is 307 g/mol. The van der Waals surface area contributed by atoms with Crippen LogP contribution in [0.4, 0.5) is 5.69 Å². The molecule has 2 rings (SSSR count). The second-order valence-corrected chi connectivity index (χ2v) is 7.84. The van der Waals surface area contributed by atoms with E-state index in [1.54, 1.807) is 0 Å². The third kappa shape index (κ3) is 5.37. The van der Waals surface area contributed by atoms with E-state index in [0.29, 0.717) is 18.2 Å². The van der Waals surface area contributed by atoms with Gasteiger partial charge in [-0.2, -0.15) is 5.26 Å². The molecule has 0 bridgehead atoms. The standard InChI is InChI=1S/C15H21N3O2S/c1-21(19,20)11-10-18-8-6-15(7-9-18)17-14-4-2-13(12-16)3-5-14/h2-5,15,17H,6-11H2,1H3. The number of benzene rings is 1. The Balaban J connectivity index is 1.77. The van der Waals surface area contributed by atoms with E-state index in [1.165, 1.54) is 6.26 Å². The normalized spacial score (nSPS) is 17.3. The van der Waals surface area contributed by atoms with Crippen molar-refractivity contribution < 1.29 is 8.42 Å². The van der Waals surface area contributed by atoms with Crippen LogP contribution in [0.3, 0.4) is 0 Å². The van der Waals surface area contributed by atoms with Gasteiger partial charge in [0.25, 0.3) is 0 Å². The van der Waals surface area contributed by atoms with Gasteiger partial charge in [-0.25, -0.2) is 8.42 Å². The molecule has 1 saturated heterocycles. The van der Waals surface area contributed by atoms with Gasteiger partial charge in [-0.1, -0.05) is 0 Å². The van der Waals surface area contributed by atoms with E-state index in [1.807, 2.05) is 24.3 Å². The first-order chi connectivity index (χ1) is 9.96. The first-order valence-corrected chi connectivity index (χ1v) is 9.19. The van der Waals surface area contributed by atoms with Crippen molar-refractivity contribution in [2.24, 2.45) is 0 Å². The van der Waals surface area contributed by atoms with Gasteiger partial charge in [0.05, 0.1) is 17.4 Å². The monoisotopic (exact) mass is 307 g/mol. The minimum atomic E-state index is -2.88. The SMILES string of the molecule is CS(=O)(=O)CCN1CCC(Nc2ccc(C#N)cc2)CC1. The molecule has 1 aromatic rings. The number of rotatable bonds is 5. The van der Waals surface area contributed by atoms with Crippen LogP contribution in [0.2, 0.25) is 0 Å². The van der Waals surface area contributed by atoms with Crippen LogP contribution in [0.1, 0.15) is 18.4 Å². The minimum absolute atomic E-state index is 0.237. The van der Waals surface area contributed by atoms with Gasteiger partial charge in [0.1, 0.15) is 9.84 Å². The largest absolute Gasteiger partial charge is 0.382 e. The number of hydrogen-bond acceptors (Lipinski definition) is 5. The molecule has 1 aliphatic heterocycles. The molecule has 0 amide bonds. The van der Waals surface area contributed by atoms with Gasteiger partial charge in [-0.3, -0.25) is 0 Å². The van der Waals surface area contributed by atoms with Crippen LogP contribution in [-0.2, 0) is 9.84 Å². The van der Waals surface area contributed by atoms with Crippen molar-refractivity contribution >= 4 is 15.5 Å². The molecule has 0 aromatic heterocycles. The molecule has 1 aliphatic rings. The van der Waals surface area contributed by atoms with Crippen molar-refractivity contribution in [1.82, 2.24) is 4.90 Å².